The van der Waals surface area contributed by atoms with Crippen molar-refractivity contribution in [3.8, 4) is 5.75 Å². The number of nitrogens with one attached hydrogen (secondary N) is 1. The molecule has 1 aromatic heterocycles. The summed E-state index contributed by atoms with van der Waals surface area (Å²) in [4.78, 5) is 8.10. The number of aromatic nitrogens is 2. The van der Waals surface area contributed by atoms with Crippen LogP contribution in [0.1, 0.15) is 17.2 Å². The zero-order valence-electron chi connectivity index (χ0n) is 10.2. The number of rotatable bonds is 4. The van der Waals surface area contributed by atoms with Crippen LogP contribution < -0.4 is 10.1 Å². The van der Waals surface area contributed by atoms with E-state index in [0.29, 0.717) is 0 Å². The fourth-order valence-corrected chi connectivity index (χ4v) is 2.41. The Balaban J connectivity index is 2.37. The molecule has 1 atom stereocenters. The molecule has 18 heavy (non-hydrogen) atoms. The molecule has 0 bridgehead atoms. The number of halogens is 1. The van der Waals surface area contributed by atoms with Crippen molar-refractivity contribution in [1.82, 2.24) is 15.3 Å². The third-order valence-electron chi connectivity index (χ3n) is 2.71. The molecule has 1 N–H and O–H groups in total. The highest BCUT2D eigenvalue weighted by molar-refractivity contribution is 9.10. The Hall–Kier alpha value is -1.46. The second-order valence-corrected chi connectivity index (χ2v) is 4.64. The first-order chi connectivity index (χ1) is 8.76. The van der Waals surface area contributed by atoms with E-state index in [4.69, 9.17) is 4.74 Å². The number of benzene rings is 1. The standard InChI is InChI=1S/C13H14BrN3O/c1-15-13(10-6-16-8-17-7-10)9-3-4-12(18-2)11(14)5-9/h3-8,13,15H,1-2H3. The van der Waals surface area contributed by atoms with E-state index in [-0.39, 0.29) is 6.04 Å². The lowest BCUT2D eigenvalue weighted by Gasteiger charge is -2.17. The molecule has 4 nitrogen and oxygen atoms in total. The van der Waals surface area contributed by atoms with Gasteiger partial charge >= 0.3 is 0 Å². The molecule has 1 heterocycles. The van der Waals surface area contributed by atoms with Gasteiger partial charge in [0.15, 0.2) is 0 Å². The average Bonchev–Trinajstić information content (AvgIpc) is 2.41. The highest BCUT2D eigenvalue weighted by Crippen LogP contribution is 2.30. The summed E-state index contributed by atoms with van der Waals surface area (Å²) in [6, 6.07) is 6.06. The summed E-state index contributed by atoms with van der Waals surface area (Å²) < 4.78 is 6.16. The predicted octanol–water partition coefficient (Wildman–Crippen LogP) is 2.56. The highest BCUT2D eigenvalue weighted by atomic mass is 79.9. The molecule has 1 unspecified atom stereocenters. The van der Waals surface area contributed by atoms with Gasteiger partial charge in [-0.05, 0) is 40.7 Å². The molecule has 0 aliphatic rings. The second-order valence-electron chi connectivity index (χ2n) is 3.79. The summed E-state index contributed by atoms with van der Waals surface area (Å²) in [6.07, 6.45) is 5.15. The minimum absolute atomic E-state index is 0.0633. The minimum Gasteiger partial charge on any atom is -0.496 e. The lowest BCUT2D eigenvalue weighted by atomic mass is 10.0. The zero-order chi connectivity index (χ0) is 13.0. The van der Waals surface area contributed by atoms with Gasteiger partial charge in [0.1, 0.15) is 12.1 Å². The van der Waals surface area contributed by atoms with Gasteiger partial charge in [-0.2, -0.15) is 0 Å². The van der Waals surface area contributed by atoms with Crippen molar-refractivity contribution in [2.75, 3.05) is 14.2 Å². The van der Waals surface area contributed by atoms with Crippen molar-refractivity contribution in [3.63, 3.8) is 0 Å². The lowest BCUT2D eigenvalue weighted by Crippen LogP contribution is -2.18. The predicted molar refractivity (Wildman–Crippen MR) is 73.6 cm³/mol. The molecule has 2 aromatic rings. The van der Waals surface area contributed by atoms with Crippen LogP contribution in [0.4, 0.5) is 0 Å². The van der Waals surface area contributed by atoms with Gasteiger partial charge in [-0.25, -0.2) is 9.97 Å². The van der Waals surface area contributed by atoms with E-state index in [1.54, 1.807) is 7.11 Å². The van der Waals surface area contributed by atoms with Gasteiger partial charge in [0.2, 0.25) is 0 Å². The Bertz CT molecular complexity index is 519. The number of methoxy groups -OCH3 is 1. The lowest BCUT2D eigenvalue weighted by molar-refractivity contribution is 0.412. The van der Waals surface area contributed by atoms with Crippen molar-refractivity contribution in [3.05, 3.63) is 52.5 Å². The molecule has 94 valence electrons. The van der Waals surface area contributed by atoms with E-state index in [2.05, 4.69) is 31.2 Å². The van der Waals surface area contributed by atoms with Crippen molar-refractivity contribution < 1.29 is 4.74 Å². The summed E-state index contributed by atoms with van der Waals surface area (Å²) in [5.74, 6) is 0.818. The van der Waals surface area contributed by atoms with Crippen molar-refractivity contribution in [2.45, 2.75) is 6.04 Å². The summed E-state index contributed by atoms with van der Waals surface area (Å²) >= 11 is 3.49. The molecule has 5 heteroatoms. The van der Waals surface area contributed by atoms with Gasteiger partial charge < -0.3 is 10.1 Å². The molecule has 0 aliphatic carbocycles. The van der Waals surface area contributed by atoms with Crippen LogP contribution >= 0.6 is 15.9 Å². The van der Waals surface area contributed by atoms with Crippen LogP contribution in [0.15, 0.2) is 41.4 Å². The maximum atomic E-state index is 5.23. The highest BCUT2D eigenvalue weighted by Gasteiger charge is 2.13. The van der Waals surface area contributed by atoms with Crippen LogP contribution in [0.3, 0.4) is 0 Å². The molecule has 2 rings (SSSR count). The van der Waals surface area contributed by atoms with E-state index in [0.717, 1.165) is 21.3 Å². The summed E-state index contributed by atoms with van der Waals surface area (Å²) in [7, 11) is 3.57. The van der Waals surface area contributed by atoms with E-state index >= 15 is 0 Å². The molecule has 0 radical (unpaired) electrons. The van der Waals surface area contributed by atoms with Gasteiger partial charge in [0, 0.05) is 18.0 Å². The second kappa shape index (κ2) is 5.93. The van der Waals surface area contributed by atoms with Crippen LogP contribution in [0.25, 0.3) is 0 Å². The smallest absolute Gasteiger partial charge is 0.133 e. The number of nitrogens with zero attached hydrogens (tertiary/aromatic N) is 2. The normalized spacial score (nSPS) is 12.2. The fraction of sp³-hybridized carbons (Fsp3) is 0.231. The largest absolute Gasteiger partial charge is 0.496 e. The maximum Gasteiger partial charge on any atom is 0.133 e. The topological polar surface area (TPSA) is 47.0 Å². The number of ether oxygens (including phenoxy) is 1. The first kappa shape index (κ1) is 13.0. The molecule has 0 fully saturated rings. The molecular weight excluding hydrogens is 294 g/mol. The Morgan fingerprint density at radius 3 is 2.50 bits per heavy atom. The summed E-state index contributed by atoms with van der Waals surface area (Å²) in [5, 5.41) is 3.26. The number of hydrogen-bond donors (Lipinski definition) is 1. The summed E-state index contributed by atoms with van der Waals surface area (Å²) in [6.45, 7) is 0. The zero-order valence-corrected chi connectivity index (χ0v) is 11.8. The van der Waals surface area contributed by atoms with Gasteiger partial charge in [0.05, 0.1) is 17.6 Å². The molecule has 0 spiro atoms. The molecule has 0 amide bonds. The molecule has 1 aromatic carbocycles. The Morgan fingerprint density at radius 1 is 1.22 bits per heavy atom. The van der Waals surface area contributed by atoms with Gasteiger partial charge in [-0.3, -0.25) is 0 Å². The average molecular weight is 308 g/mol. The molecule has 0 saturated carbocycles. The Kier molecular flexibility index (Phi) is 4.28. The molecular formula is C13H14BrN3O. The van der Waals surface area contributed by atoms with Crippen molar-refractivity contribution in [2.24, 2.45) is 0 Å². The third kappa shape index (κ3) is 2.68. The monoisotopic (exact) mass is 307 g/mol. The van der Waals surface area contributed by atoms with Crippen LogP contribution in [-0.4, -0.2) is 24.1 Å². The van der Waals surface area contributed by atoms with Crippen LogP contribution in [0.5, 0.6) is 5.75 Å². The van der Waals surface area contributed by atoms with Crippen LogP contribution in [0, 0.1) is 0 Å². The molecule has 0 aliphatic heterocycles. The van der Waals surface area contributed by atoms with E-state index < -0.39 is 0 Å². The van der Waals surface area contributed by atoms with Gasteiger partial charge in [-0.15, -0.1) is 0 Å². The fourth-order valence-electron chi connectivity index (χ4n) is 1.85. The van der Waals surface area contributed by atoms with E-state index in [1.165, 1.54) is 6.33 Å². The SMILES string of the molecule is CNC(c1cncnc1)c1ccc(OC)c(Br)c1. The van der Waals surface area contributed by atoms with Gasteiger partial charge in [0.25, 0.3) is 0 Å². The Morgan fingerprint density at radius 2 is 1.94 bits per heavy atom. The minimum atomic E-state index is 0.0633. The van der Waals surface area contributed by atoms with Crippen molar-refractivity contribution >= 4 is 15.9 Å². The van der Waals surface area contributed by atoms with E-state index in [9.17, 15) is 0 Å². The van der Waals surface area contributed by atoms with Crippen LogP contribution in [-0.2, 0) is 0 Å². The summed E-state index contributed by atoms with van der Waals surface area (Å²) in [5.41, 5.74) is 2.15. The first-order valence-corrected chi connectivity index (χ1v) is 6.31. The maximum absolute atomic E-state index is 5.23. The van der Waals surface area contributed by atoms with Crippen molar-refractivity contribution in [1.29, 1.82) is 0 Å². The quantitative estimate of drug-likeness (QED) is 0.943. The van der Waals surface area contributed by atoms with E-state index in [1.807, 2.05) is 37.6 Å². The third-order valence-corrected chi connectivity index (χ3v) is 3.33. The van der Waals surface area contributed by atoms with Crippen LogP contribution in [0.2, 0.25) is 0 Å². The number of hydrogen-bond acceptors (Lipinski definition) is 4. The van der Waals surface area contributed by atoms with Gasteiger partial charge in [-0.1, -0.05) is 6.07 Å². The Labute approximate surface area is 115 Å². The first-order valence-electron chi connectivity index (χ1n) is 5.52. The molecule has 0 saturated heterocycles.